The fourth-order valence-electron chi connectivity index (χ4n) is 2.78. The lowest BCUT2D eigenvalue weighted by atomic mass is 10.1. The van der Waals surface area contributed by atoms with E-state index in [1.165, 1.54) is 6.92 Å². The molecular formula is C22H17N3O4. The summed E-state index contributed by atoms with van der Waals surface area (Å²) in [7, 11) is 0. The Bertz CT molecular complexity index is 1140. The molecule has 0 aliphatic rings. The van der Waals surface area contributed by atoms with Crippen molar-refractivity contribution in [2.24, 2.45) is 0 Å². The van der Waals surface area contributed by atoms with Crippen LogP contribution in [-0.4, -0.2) is 27.9 Å². The maximum atomic E-state index is 12.7. The predicted molar refractivity (Wildman–Crippen MR) is 107 cm³/mol. The molecule has 0 radical (unpaired) electrons. The molecule has 1 amide bonds. The quantitative estimate of drug-likeness (QED) is 0.519. The summed E-state index contributed by atoms with van der Waals surface area (Å²) in [4.78, 5) is 33.5. The molecule has 7 heteroatoms. The maximum absolute atomic E-state index is 12.7. The minimum atomic E-state index is -1.01. The third-order valence-corrected chi connectivity index (χ3v) is 4.24. The van der Waals surface area contributed by atoms with Gasteiger partial charge in [0.25, 0.3) is 5.91 Å². The number of carbonyl (C=O) groups is 2. The van der Waals surface area contributed by atoms with E-state index >= 15 is 0 Å². The van der Waals surface area contributed by atoms with Crippen molar-refractivity contribution in [3.8, 4) is 11.5 Å². The van der Waals surface area contributed by atoms with Crippen molar-refractivity contribution >= 4 is 28.8 Å². The number of oxazole rings is 1. The van der Waals surface area contributed by atoms with Crippen molar-refractivity contribution in [2.45, 2.75) is 13.0 Å². The maximum Gasteiger partial charge on any atom is 0.339 e. The number of ether oxygens (including phenoxy) is 1. The number of carbonyl (C=O) groups excluding carboxylic acids is 2. The zero-order chi connectivity index (χ0) is 20.2. The van der Waals surface area contributed by atoms with Crippen molar-refractivity contribution < 1.29 is 18.7 Å². The molecule has 1 atom stereocenters. The topological polar surface area (TPSA) is 94.3 Å². The van der Waals surface area contributed by atoms with Gasteiger partial charge in [0.15, 0.2) is 11.7 Å². The molecule has 0 fully saturated rings. The summed E-state index contributed by atoms with van der Waals surface area (Å²) in [6.45, 7) is 1.50. The number of para-hydroxylation sites is 2. The van der Waals surface area contributed by atoms with Gasteiger partial charge in [-0.1, -0.05) is 30.3 Å². The number of hydrogen-bond acceptors (Lipinski definition) is 6. The number of nitrogens with zero attached hydrogens (tertiary/aromatic N) is 2. The van der Waals surface area contributed by atoms with E-state index in [1.54, 1.807) is 54.7 Å². The summed E-state index contributed by atoms with van der Waals surface area (Å²) in [5.41, 5.74) is 2.06. The Morgan fingerprint density at radius 2 is 1.76 bits per heavy atom. The van der Waals surface area contributed by atoms with Gasteiger partial charge in [0.2, 0.25) is 5.89 Å². The molecule has 7 nitrogen and oxygen atoms in total. The van der Waals surface area contributed by atoms with Crippen molar-refractivity contribution in [1.82, 2.24) is 9.97 Å². The van der Waals surface area contributed by atoms with Gasteiger partial charge in [-0.3, -0.25) is 4.79 Å². The molecule has 2 heterocycles. The highest BCUT2D eigenvalue weighted by Crippen LogP contribution is 2.27. The van der Waals surface area contributed by atoms with Gasteiger partial charge in [0, 0.05) is 6.20 Å². The molecular weight excluding hydrogens is 370 g/mol. The number of hydrogen-bond donors (Lipinski definition) is 1. The molecule has 0 bridgehead atoms. The van der Waals surface area contributed by atoms with Crippen molar-refractivity contribution in [2.75, 3.05) is 5.32 Å². The van der Waals surface area contributed by atoms with Gasteiger partial charge in [-0.05, 0) is 43.3 Å². The first-order valence-electron chi connectivity index (χ1n) is 8.99. The molecule has 2 aromatic heterocycles. The summed E-state index contributed by atoms with van der Waals surface area (Å²) < 4.78 is 11.1. The summed E-state index contributed by atoms with van der Waals surface area (Å²) >= 11 is 0. The number of pyridine rings is 1. The summed E-state index contributed by atoms with van der Waals surface area (Å²) in [6, 6.07) is 19.3. The van der Waals surface area contributed by atoms with Crippen LogP contribution in [0.25, 0.3) is 22.6 Å². The third kappa shape index (κ3) is 3.98. The van der Waals surface area contributed by atoms with Crippen LogP contribution >= 0.6 is 0 Å². The van der Waals surface area contributed by atoms with Gasteiger partial charge in [-0.2, -0.15) is 0 Å². The molecule has 29 heavy (non-hydrogen) atoms. The monoisotopic (exact) mass is 387 g/mol. The normalized spacial score (nSPS) is 11.8. The highest BCUT2D eigenvalue weighted by atomic mass is 16.5. The van der Waals surface area contributed by atoms with Gasteiger partial charge in [-0.15, -0.1) is 0 Å². The molecule has 0 spiro atoms. The third-order valence-electron chi connectivity index (χ3n) is 4.24. The predicted octanol–water partition coefficient (Wildman–Crippen LogP) is 4.07. The lowest BCUT2D eigenvalue weighted by Gasteiger charge is -2.14. The molecule has 0 aliphatic carbocycles. The molecule has 4 rings (SSSR count). The van der Waals surface area contributed by atoms with Crippen LogP contribution < -0.4 is 5.32 Å². The van der Waals surface area contributed by atoms with E-state index in [0.29, 0.717) is 28.4 Å². The Balaban J connectivity index is 1.54. The Kier molecular flexibility index (Phi) is 5.03. The lowest BCUT2D eigenvalue weighted by molar-refractivity contribution is -0.123. The van der Waals surface area contributed by atoms with Crippen LogP contribution in [0.3, 0.4) is 0 Å². The van der Waals surface area contributed by atoms with Gasteiger partial charge in [0.1, 0.15) is 11.3 Å². The molecule has 0 aliphatic heterocycles. The number of anilines is 1. The Morgan fingerprint density at radius 3 is 2.55 bits per heavy atom. The minimum Gasteiger partial charge on any atom is -0.449 e. The summed E-state index contributed by atoms with van der Waals surface area (Å²) in [5.74, 6) is -0.431. The van der Waals surface area contributed by atoms with Crippen LogP contribution in [-0.2, 0) is 9.53 Å². The zero-order valence-corrected chi connectivity index (χ0v) is 15.5. The number of nitrogens with one attached hydrogen (secondary N) is 1. The van der Waals surface area contributed by atoms with Gasteiger partial charge >= 0.3 is 5.97 Å². The molecule has 0 saturated heterocycles. The van der Waals surface area contributed by atoms with Gasteiger partial charge in [0.05, 0.1) is 11.1 Å². The van der Waals surface area contributed by atoms with Crippen molar-refractivity contribution in [1.29, 1.82) is 0 Å². The van der Waals surface area contributed by atoms with Crippen LogP contribution in [0.15, 0.2) is 77.3 Å². The average Bonchev–Trinajstić information content (AvgIpc) is 3.18. The molecule has 4 aromatic rings. The standard InChI is InChI=1S/C22H17N3O4/c1-14(20(26)25-19-12-6-7-13-23-19)28-22(27)16-9-3-2-8-15(16)21-24-17-10-4-5-11-18(17)29-21/h2-14H,1H3,(H,23,25,26). The minimum absolute atomic E-state index is 0.261. The van der Waals surface area contributed by atoms with Crippen molar-refractivity contribution in [3.05, 3.63) is 78.5 Å². The number of amides is 1. The number of benzene rings is 2. The first kappa shape index (κ1) is 18.4. The van der Waals surface area contributed by atoms with Crippen LogP contribution in [0.1, 0.15) is 17.3 Å². The summed E-state index contributed by atoms with van der Waals surface area (Å²) in [5, 5.41) is 2.60. The Hall–Kier alpha value is -4.00. The van der Waals surface area contributed by atoms with Crippen LogP contribution in [0, 0.1) is 0 Å². The van der Waals surface area contributed by atoms with E-state index in [0.717, 1.165) is 0 Å². The first-order valence-corrected chi connectivity index (χ1v) is 8.99. The van der Waals surface area contributed by atoms with Crippen LogP contribution in [0.4, 0.5) is 5.82 Å². The Labute approximate surface area is 166 Å². The smallest absolute Gasteiger partial charge is 0.339 e. The number of rotatable bonds is 5. The second kappa shape index (κ2) is 7.93. The van der Waals surface area contributed by atoms with Crippen LogP contribution in [0.2, 0.25) is 0 Å². The second-order valence-corrected chi connectivity index (χ2v) is 6.28. The highest BCUT2D eigenvalue weighted by Gasteiger charge is 2.23. The number of aromatic nitrogens is 2. The molecule has 0 saturated carbocycles. The van der Waals surface area contributed by atoms with E-state index in [2.05, 4.69) is 15.3 Å². The number of fused-ring (bicyclic) bond motifs is 1. The molecule has 144 valence electrons. The molecule has 1 unspecified atom stereocenters. The SMILES string of the molecule is CC(OC(=O)c1ccccc1-c1nc2ccccc2o1)C(=O)Nc1ccccn1. The van der Waals surface area contributed by atoms with Crippen LogP contribution in [0.5, 0.6) is 0 Å². The van der Waals surface area contributed by atoms with E-state index < -0.39 is 18.0 Å². The fraction of sp³-hybridized carbons (Fsp3) is 0.0909. The second-order valence-electron chi connectivity index (χ2n) is 6.28. The number of esters is 1. The lowest BCUT2D eigenvalue weighted by Crippen LogP contribution is -2.30. The summed E-state index contributed by atoms with van der Waals surface area (Å²) in [6.07, 6.45) is 0.546. The first-order chi connectivity index (χ1) is 14.1. The van der Waals surface area contributed by atoms with E-state index in [9.17, 15) is 9.59 Å². The average molecular weight is 387 g/mol. The Morgan fingerprint density at radius 1 is 1.00 bits per heavy atom. The largest absolute Gasteiger partial charge is 0.449 e. The van der Waals surface area contributed by atoms with E-state index in [4.69, 9.17) is 9.15 Å². The molecule has 2 aromatic carbocycles. The van der Waals surface area contributed by atoms with E-state index in [1.807, 2.05) is 18.2 Å². The zero-order valence-electron chi connectivity index (χ0n) is 15.5. The van der Waals surface area contributed by atoms with Gasteiger partial charge < -0.3 is 14.5 Å². The fourth-order valence-corrected chi connectivity index (χ4v) is 2.78. The van der Waals surface area contributed by atoms with Gasteiger partial charge in [-0.25, -0.2) is 14.8 Å². The highest BCUT2D eigenvalue weighted by molar-refractivity contribution is 6.00. The molecule has 1 N–H and O–H groups in total. The van der Waals surface area contributed by atoms with Crippen molar-refractivity contribution in [3.63, 3.8) is 0 Å². The van der Waals surface area contributed by atoms with E-state index in [-0.39, 0.29) is 5.56 Å².